The molecule has 0 fully saturated rings. The molecule has 156 valence electrons. The number of halogens is 3. The van der Waals surface area contributed by atoms with Crippen LogP contribution in [0.15, 0.2) is 42.9 Å². The summed E-state index contributed by atoms with van der Waals surface area (Å²) in [6.07, 6.45) is -0.539. The summed E-state index contributed by atoms with van der Waals surface area (Å²) < 4.78 is 50.5. The van der Waals surface area contributed by atoms with E-state index in [0.29, 0.717) is 23.5 Å². The number of hydrogen-bond acceptors (Lipinski definition) is 7. The van der Waals surface area contributed by atoms with Crippen LogP contribution in [0.4, 0.5) is 19.0 Å². The zero-order valence-electron chi connectivity index (χ0n) is 15.2. The Morgan fingerprint density at radius 1 is 1.23 bits per heavy atom. The van der Waals surface area contributed by atoms with Crippen molar-refractivity contribution in [3.8, 4) is 17.3 Å². The fourth-order valence-corrected chi connectivity index (χ4v) is 2.87. The van der Waals surface area contributed by atoms with Crippen LogP contribution in [0.1, 0.15) is 11.3 Å². The number of ether oxygens (including phenoxy) is 2. The van der Waals surface area contributed by atoms with Crippen molar-refractivity contribution >= 4 is 5.82 Å². The van der Waals surface area contributed by atoms with Gasteiger partial charge in [-0.15, -0.1) is 0 Å². The average molecular weight is 421 g/mol. The van der Waals surface area contributed by atoms with Crippen LogP contribution >= 0.6 is 0 Å². The maximum absolute atomic E-state index is 12.6. The quantitative estimate of drug-likeness (QED) is 0.460. The van der Waals surface area contributed by atoms with Gasteiger partial charge in [0.15, 0.2) is 0 Å². The highest BCUT2D eigenvalue weighted by Crippen LogP contribution is 2.30. The lowest BCUT2D eigenvalue weighted by Gasteiger charge is -2.22. The Morgan fingerprint density at radius 3 is 2.63 bits per heavy atom. The molecule has 0 saturated heterocycles. The van der Waals surface area contributed by atoms with Crippen molar-refractivity contribution in [2.75, 3.05) is 6.61 Å². The molecular formula is C18H14F3N5O4. The molecule has 0 radical (unpaired) electrons. The number of aromatic nitrogens is 4. The zero-order valence-corrected chi connectivity index (χ0v) is 15.2. The van der Waals surface area contributed by atoms with Gasteiger partial charge in [-0.3, -0.25) is 14.5 Å². The topological polar surface area (TPSA) is 105 Å². The Kier molecular flexibility index (Phi) is 5.08. The molecule has 30 heavy (non-hydrogen) atoms. The van der Waals surface area contributed by atoms with E-state index < -0.39 is 16.7 Å². The van der Waals surface area contributed by atoms with Gasteiger partial charge in [-0.05, 0) is 17.1 Å². The van der Waals surface area contributed by atoms with Gasteiger partial charge in [0.1, 0.15) is 18.9 Å². The van der Waals surface area contributed by atoms with Crippen LogP contribution in [-0.4, -0.2) is 37.2 Å². The van der Waals surface area contributed by atoms with Crippen LogP contribution in [0, 0.1) is 10.1 Å². The van der Waals surface area contributed by atoms with Gasteiger partial charge in [-0.1, -0.05) is 12.1 Å². The predicted molar refractivity (Wildman–Crippen MR) is 95.4 cm³/mol. The molecular weight excluding hydrogens is 407 g/mol. The Hall–Kier alpha value is -3.54. The van der Waals surface area contributed by atoms with Crippen LogP contribution < -0.4 is 4.74 Å². The smallest absolute Gasteiger partial charge is 0.416 e. The molecule has 0 aliphatic carbocycles. The molecule has 1 aliphatic rings. The van der Waals surface area contributed by atoms with Gasteiger partial charge in [-0.25, -0.2) is 0 Å². The highest BCUT2D eigenvalue weighted by Gasteiger charge is 2.30. The second kappa shape index (κ2) is 7.71. The molecule has 0 bridgehead atoms. The summed E-state index contributed by atoms with van der Waals surface area (Å²) in [4.78, 5) is 22.4. The highest BCUT2D eigenvalue weighted by molar-refractivity contribution is 5.58. The number of fused-ring (bicyclic) bond motifs is 1. The van der Waals surface area contributed by atoms with Crippen LogP contribution in [-0.2, 0) is 24.1 Å². The van der Waals surface area contributed by atoms with E-state index in [0.717, 1.165) is 12.1 Å². The lowest BCUT2D eigenvalue weighted by atomic mass is 10.1. The summed E-state index contributed by atoms with van der Waals surface area (Å²) in [7, 11) is 0. The molecule has 4 rings (SSSR count). The van der Waals surface area contributed by atoms with E-state index >= 15 is 0 Å². The number of benzene rings is 1. The van der Waals surface area contributed by atoms with Crippen LogP contribution in [0.2, 0.25) is 0 Å². The second-order valence-electron chi connectivity index (χ2n) is 6.50. The van der Waals surface area contributed by atoms with Gasteiger partial charge in [0.05, 0.1) is 42.5 Å². The molecule has 1 atom stereocenters. The normalized spacial score (nSPS) is 16.0. The third-order valence-electron chi connectivity index (χ3n) is 4.39. The van der Waals surface area contributed by atoms with Gasteiger partial charge in [-0.2, -0.15) is 13.2 Å². The average Bonchev–Trinajstić information content (AvgIpc) is 3.16. The zero-order chi connectivity index (χ0) is 21.3. The molecule has 9 nitrogen and oxygen atoms in total. The van der Waals surface area contributed by atoms with E-state index in [1.54, 1.807) is 0 Å². The maximum atomic E-state index is 12.6. The lowest BCUT2D eigenvalue weighted by Crippen LogP contribution is -2.32. The van der Waals surface area contributed by atoms with Crippen molar-refractivity contribution in [2.45, 2.75) is 25.4 Å². The first-order valence-electron chi connectivity index (χ1n) is 8.74. The number of alkyl halides is 3. The van der Waals surface area contributed by atoms with Gasteiger partial charge >= 0.3 is 18.0 Å². The van der Waals surface area contributed by atoms with E-state index in [9.17, 15) is 23.3 Å². The number of hydrogen-bond donors (Lipinski definition) is 0. The minimum atomic E-state index is -4.39. The predicted octanol–water partition coefficient (Wildman–Crippen LogP) is 3.24. The molecule has 12 heteroatoms. The van der Waals surface area contributed by atoms with Crippen molar-refractivity contribution < 1.29 is 27.6 Å². The number of imidazole rings is 1. The molecule has 0 unspecified atom stereocenters. The van der Waals surface area contributed by atoms with E-state index in [4.69, 9.17) is 9.47 Å². The van der Waals surface area contributed by atoms with Crippen LogP contribution in [0.3, 0.4) is 0 Å². The first-order chi connectivity index (χ1) is 14.3. The van der Waals surface area contributed by atoms with Crippen molar-refractivity contribution in [3.63, 3.8) is 0 Å². The molecule has 0 amide bonds. The second-order valence-corrected chi connectivity index (χ2v) is 6.50. The lowest BCUT2D eigenvalue weighted by molar-refractivity contribution is -0.389. The van der Waals surface area contributed by atoms with E-state index in [1.807, 2.05) is 0 Å². The SMILES string of the molecule is O=[N+]([O-])c1cn2c(n1)OC[C@@H](OCc1cnc(-c3ccc(C(F)(F)F)cc3)cn1)C2. The number of nitrogens with zero attached hydrogens (tertiary/aromatic N) is 5. The van der Waals surface area contributed by atoms with Crippen molar-refractivity contribution in [1.29, 1.82) is 0 Å². The molecule has 3 aromatic rings. The van der Waals surface area contributed by atoms with Crippen molar-refractivity contribution in [2.24, 2.45) is 0 Å². The Balaban J connectivity index is 1.35. The minimum absolute atomic E-state index is 0.125. The third-order valence-corrected chi connectivity index (χ3v) is 4.39. The van der Waals surface area contributed by atoms with E-state index in [-0.39, 0.29) is 31.1 Å². The summed E-state index contributed by atoms with van der Waals surface area (Å²) in [6.45, 7) is 0.652. The molecule has 3 heterocycles. The summed E-state index contributed by atoms with van der Waals surface area (Å²) in [5.41, 5.74) is 0.736. The molecule has 1 aliphatic heterocycles. The molecule has 0 N–H and O–H groups in total. The minimum Gasteiger partial charge on any atom is -0.443 e. The Labute approximate surface area is 167 Å². The monoisotopic (exact) mass is 421 g/mol. The molecule has 0 saturated carbocycles. The Bertz CT molecular complexity index is 1050. The largest absolute Gasteiger partial charge is 0.443 e. The van der Waals surface area contributed by atoms with E-state index in [2.05, 4.69) is 15.0 Å². The summed E-state index contributed by atoms with van der Waals surface area (Å²) in [5, 5.41) is 10.8. The third kappa shape index (κ3) is 4.22. The van der Waals surface area contributed by atoms with Crippen LogP contribution in [0.5, 0.6) is 6.01 Å². The number of nitro groups is 1. The summed E-state index contributed by atoms with van der Waals surface area (Å²) >= 11 is 0. The van der Waals surface area contributed by atoms with Gasteiger partial charge < -0.3 is 19.6 Å². The first kappa shape index (κ1) is 19.8. The molecule has 0 spiro atoms. The highest BCUT2D eigenvalue weighted by atomic mass is 19.4. The van der Waals surface area contributed by atoms with Gasteiger partial charge in [0.2, 0.25) is 0 Å². The summed E-state index contributed by atoms with van der Waals surface area (Å²) in [6, 6.07) is 4.83. The Morgan fingerprint density at radius 2 is 2.00 bits per heavy atom. The molecule has 2 aromatic heterocycles. The maximum Gasteiger partial charge on any atom is 0.416 e. The van der Waals surface area contributed by atoms with Crippen LogP contribution in [0.25, 0.3) is 11.3 Å². The van der Waals surface area contributed by atoms with Crippen molar-refractivity contribution in [3.05, 3.63) is 64.2 Å². The summed E-state index contributed by atoms with van der Waals surface area (Å²) in [5.74, 6) is -0.296. The van der Waals surface area contributed by atoms with Crippen molar-refractivity contribution in [1.82, 2.24) is 19.5 Å². The van der Waals surface area contributed by atoms with Gasteiger partial charge in [0.25, 0.3) is 0 Å². The van der Waals surface area contributed by atoms with E-state index in [1.165, 1.54) is 35.3 Å². The first-order valence-corrected chi connectivity index (χ1v) is 8.74. The fourth-order valence-electron chi connectivity index (χ4n) is 2.87. The molecule has 1 aromatic carbocycles. The van der Waals surface area contributed by atoms with Gasteiger partial charge in [0, 0.05) is 10.5 Å². The fraction of sp³-hybridized carbons (Fsp3) is 0.278. The number of rotatable bonds is 5. The standard InChI is InChI=1S/C18H14F3N5O4/c19-18(20,21)12-3-1-11(2-4-12)15-6-22-13(5-23-15)9-29-14-7-25-8-16(26(27)28)24-17(25)30-10-14/h1-6,8,14H,7,9-10H2/t14-/m0/s1.